The van der Waals surface area contributed by atoms with Gasteiger partial charge in [0.1, 0.15) is 0 Å². The van der Waals surface area contributed by atoms with Crippen molar-refractivity contribution in [2.75, 3.05) is 7.11 Å². The Hall–Kier alpha value is -0.380. The fourth-order valence-electron chi connectivity index (χ4n) is 2.99. The lowest BCUT2D eigenvalue weighted by molar-refractivity contribution is -0.131. The van der Waals surface area contributed by atoms with Crippen molar-refractivity contribution in [2.45, 2.75) is 50.7 Å². The van der Waals surface area contributed by atoms with Crippen molar-refractivity contribution in [3.8, 4) is 0 Å². The molecule has 0 aliphatic heterocycles. The van der Waals surface area contributed by atoms with Gasteiger partial charge in [0.15, 0.2) is 0 Å². The maximum Gasteiger partial charge on any atom is 0.0942 e. The maximum atomic E-state index is 10.5. The average Bonchev–Trinajstić information content (AvgIpc) is 2.81. The molecule has 0 amide bonds. The van der Waals surface area contributed by atoms with Gasteiger partial charge in [0.2, 0.25) is 0 Å². The number of hydrogen-bond donors (Lipinski definition) is 1. The third kappa shape index (κ3) is 2.90. The van der Waals surface area contributed by atoms with E-state index in [-0.39, 0.29) is 11.7 Å². The molecule has 3 atom stereocenters. The summed E-state index contributed by atoms with van der Waals surface area (Å²) in [5, 5.41) is 14.7. The van der Waals surface area contributed by atoms with Crippen molar-refractivity contribution in [1.82, 2.24) is 0 Å². The highest BCUT2D eigenvalue weighted by atomic mass is 32.1. The Morgan fingerprint density at radius 2 is 2.47 bits per heavy atom. The Bertz CT molecular complexity index is 336. The number of hydrogen-bond acceptors (Lipinski definition) is 3. The molecule has 1 aliphatic carbocycles. The van der Waals surface area contributed by atoms with Gasteiger partial charge < -0.3 is 9.84 Å². The van der Waals surface area contributed by atoms with Crippen LogP contribution in [0.25, 0.3) is 0 Å². The van der Waals surface area contributed by atoms with E-state index in [0.29, 0.717) is 12.3 Å². The molecule has 1 heterocycles. The van der Waals surface area contributed by atoms with Gasteiger partial charge in [0, 0.05) is 13.5 Å². The summed E-state index contributed by atoms with van der Waals surface area (Å²) in [6.45, 7) is 2.25. The number of rotatable bonds is 4. The van der Waals surface area contributed by atoms with Crippen LogP contribution in [-0.2, 0) is 11.2 Å². The molecule has 3 heteroatoms. The Morgan fingerprint density at radius 3 is 3.06 bits per heavy atom. The summed E-state index contributed by atoms with van der Waals surface area (Å²) < 4.78 is 5.71. The van der Waals surface area contributed by atoms with Gasteiger partial charge in [-0.25, -0.2) is 0 Å². The summed E-state index contributed by atoms with van der Waals surface area (Å²) >= 11 is 1.68. The molecule has 1 N–H and O–H groups in total. The fraction of sp³-hybridized carbons (Fsp3) is 0.714. The molecule has 2 rings (SSSR count). The molecule has 0 saturated heterocycles. The molecule has 3 unspecified atom stereocenters. The van der Waals surface area contributed by atoms with Crippen molar-refractivity contribution < 1.29 is 9.84 Å². The second-order valence-electron chi connectivity index (χ2n) is 5.32. The summed E-state index contributed by atoms with van der Waals surface area (Å²) in [6.07, 6.45) is 4.72. The first-order valence-electron chi connectivity index (χ1n) is 6.40. The lowest BCUT2D eigenvalue weighted by atomic mass is 9.74. The van der Waals surface area contributed by atoms with E-state index in [9.17, 15) is 5.11 Å². The van der Waals surface area contributed by atoms with Crippen molar-refractivity contribution >= 4 is 11.3 Å². The van der Waals surface area contributed by atoms with Gasteiger partial charge in [-0.2, -0.15) is 11.3 Å². The molecule has 0 radical (unpaired) electrons. The van der Waals surface area contributed by atoms with E-state index in [0.717, 1.165) is 19.3 Å². The first-order valence-corrected chi connectivity index (χ1v) is 7.35. The second-order valence-corrected chi connectivity index (χ2v) is 6.10. The third-order valence-corrected chi connectivity index (χ3v) is 4.75. The number of thiophene rings is 1. The van der Waals surface area contributed by atoms with Crippen molar-refractivity contribution in [2.24, 2.45) is 5.92 Å². The van der Waals surface area contributed by atoms with Crippen LogP contribution < -0.4 is 0 Å². The van der Waals surface area contributed by atoms with E-state index in [2.05, 4.69) is 23.8 Å². The Balaban J connectivity index is 2.06. The monoisotopic (exact) mass is 254 g/mol. The molecular formula is C14H22O2S. The lowest BCUT2D eigenvalue weighted by Crippen LogP contribution is -2.48. The molecule has 0 aromatic carbocycles. The van der Waals surface area contributed by atoms with E-state index >= 15 is 0 Å². The summed E-state index contributed by atoms with van der Waals surface area (Å²) in [5.74, 6) is 0.654. The van der Waals surface area contributed by atoms with Gasteiger partial charge in [-0.3, -0.25) is 0 Å². The van der Waals surface area contributed by atoms with Crippen molar-refractivity contribution in [3.05, 3.63) is 22.4 Å². The van der Waals surface area contributed by atoms with Crippen LogP contribution in [0.1, 0.15) is 38.2 Å². The zero-order chi connectivity index (χ0) is 12.3. The highest BCUT2D eigenvalue weighted by Crippen LogP contribution is 2.38. The highest BCUT2D eigenvalue weighted by molar-refractivity contribution is 7.07. The van der Waals surface area contributed by atoms with Gasteiger partial charge in [-0.15, -0.1) is 0 Å². The number of methoxy groups -OCH3 is 1. The van der Waals surface area contributed by atoms with E-state index in [1.807, 2.05) is 0 Å². The molecule has 1 saturated carbocycles. The van der Waals surface area contributed by atoms with Crippen LogP contribution >= 0.6 is 11.3 Å². The first-order chi connectivity index (χ1) is 8.16. The van der Waals surface area contributed by atoms with E-state index in [1.54, 1.807) is 18.4 Å². The summed E-state index contributed by atoms with van der Waals surface area (Å²) in [4.78, 5) is 0. The average molecular weight is 254 g/mol. The molecule has 1 aliphatic rings. The molecule has 1 aromatic rings. The minimum atomic E-state index is -0.384. The highest BCUT2D eigenvalue weighted by Gasteiger charge is 2.41. The standard InChI is InChI=1S/C14H22O2S/c1-11-4-3-6-14(9-11,16-2)13(15)8-12-5-7-17-10-12/h5,7,10-11,13,15H,3-4,6,8-9H2,1-2H3. The molecule has 1 aromatic heterocycles. The van der Waals surface area contributed by atoms with Crippen LogP contribution in [0.15, 0.2) is 16.8 Å². The summed E-state index contributed by atoms with van der Waals surface area (Å²) in [5.41, 5.74) is 0.900. The molecule has 2 nitrogen and oxygen atoms in total. The third-order valence-electron chi connectivity index (χ3n) is 4.01. The number of aliphatic hydroxyl groups excluding tert-OH is 1. The van der Waals surface area contributed by atoms with Crippen LogP contribution in [0.5, 0.6) is 0 Å². The zero-order valence-corrected chi connectivity index (χ0v) is 11.5. The second kappa shape index (κ2) is 5.51. The molecule has 0 spiro atoms. The smallest absolute Gasteiger partial charge is 0.0942 e. The Morgan fingerprint density at radius 1 is 1.65 bits per heavy atom. The van der Waals surface area contributed by atoms with E-state index in [1.165, 1.54) is 12.0 Å². The van der Waals surface area contributed by atoms with Gasteiger partial charge >= 0.3 is 0 Å². The summed E-state index contributed by atoms with van der Waals surface area (Å²) in [7, 11) is 1.74. The van der Waals surface area contributed by atoms with E-state index < -0.39 is 0 Å². The molecule has 17 heavy (non-hydrogen) atoms. The Labute approximate surface area is 108 Å². The topological polar surface area (TPSA) is 29.5 Å². The predicted octanol–water partition coefficient (Wildman–Crippen LogP) is 3.25. The predicted molar refractivity (Wildman–Crippen MR) is 71.4 cm³/mol. The van der Waals surface area contributed by atoms with Crippen molar-refractivity contribution in [1.29, 1.82) is 0 Å². The van der Waals surface area contributed by atoms with Gasteiger partial charge in [0.05, 0.1) is 11.7 Å². The van der Waals surface area contributed by atoms with Crippen molar-refractivity contribution in [3.63, 3.8) is 0 Å². The van der Waals surface area contributed by atoms with Gasteiger partial charge in [-0.05, 0) is 41.1 Å². The summed E-state index contributed by atoms with van der Waals surface area (Å²) in [6, 6.07) is 2.09. The SMILES string of the molecule is COC1(C(O)Cc2ccsc2)CCCC(C)C1. The molecule has 0 bridgehead atoms. The van der Waals surface area contributed by atoms with Gasteiger partial charge in [0.25, 0.3) is 0 Å². The van der Waals surface area contributed by atoms with Gasteiger partial charge in [-0.1, -0.05) is 19.8 Å². The zero-order valence-electron chi connectivity index (χ0n) is 10.7. The minimum absolute atomic E-state index is 0.320. The lowest BCUT2D eigenvalue weighted by Gasteiger charge is -2.42. The van der Waals surface area contributed by atoms with E-state index in [4.69, 9.17) is 4.74 Å². The van der Waals surface area contributed by atoms with Crippen LogP contribution in [0.4, 0.5) is 0 Å². The van der Waals surface area contributed by atoms with Crippen LogP contribution in [0.2, 0.25) is 0 Å². The van der Waals surface area contributed by atoms with Crippen LogP contribution in [-0.4, -0.2) is 23.9 Å². The largest absolute Gasteiger partial charge is 0.390 e. The fourth-order valence-corrected chi connectivity index (χ4v) is 3.67. The first kappa shape index (κ1) is 13.1. The maximum absolute atomic E-state index is 10.5. The Kier molecular flexibility index (Phi) is 4.23. The van der Waals surface area contributed by atoms with Crippen LogP contribution in [0.3, 0.4) is 0 Å². The van der Waals surface area contributed by atoms with Crippen LogP contribution in [0, 0.1) is 5.92 Å². The number of aliphatic hydroxyl groups is 1. The molecular weight excluding hydrogens is 232 g/mol. The molecule has 1 fully saturated rings. The normalized spacial score (nSPS) is 31.4. The quantitative estimate of drug-likeness (QED) is 0.893. The minimum Gasteiger partial charge on any atom is -0.390 e. The number of ether oxygens (including phenoxy) is 1. The molecule has 96 valence electrons.